The molecule has 42 valence electrons. The van der Waals surface area contributed by atoms with Gasteiger partial charge in [-0.25, -0.2) is 0 Å². The standard InChI is InChI=1S/C5H9.CHO.Mg/c1-2-4-5-3-1;1-2;/h1H,2-5H2;1H;. The van der Waals surface area contributed by atoms with Crippen LogP contribution in [0.5, 0.6) is 0 Å². The molecule has 0 aromatic heterocycles. The summed E-state index contributed by atoms with van der Waals surface area (Å²) >= 11 is -0.282. The normalized spacial score (nSPS) is 20.5. The molecular weight excluding hydrogens is 112 g/mol. The van der Waals surface area contributed by atoms with Gasteiger partial charge in [-0.3, -0.25) is 0 Å². The molecule has 2 heteroatoms. The fraction of sp³-hybridized carbons (Fsp3) is 0.833. The third-order valence-electron chi connectivity index (χ3n) is 1.90. The lowest BCUT2D eigenvalue weighted by Crippen LogP contribution is -1.99. The van der Waals surface area contributed by atoms with Gasteiger partial charge in [-0.05, 0) is 4.42 Å². The van der Waals surface area contributed by atoms with Gasteiger partial charge in [-0.2, -0.15) is 0 Å². The van der Waals surface area contributed by atoms with Crippen LogP contribution in [0.1, 0.15) is 25.7 Å². The molecule has 0 aliphatic heterocycles. The van der Waals surface area contributed by atoms with E-state index in [1.165, 1.54) is 30.1 Å². The van der Waals surface area contributed by atoms with E-state index in [-0.39, 0.29) is 20.4 Å². The van der Waals surface area contributed by atoms with E-state index >= 15 is 0 Å². The number of hydrogen-bond donors (Lipinski definition) is 0. The number of carbonyl (C=O) groups excluding carboxylic acids is 1. The Labute approximate surface area is 59.6 Å². The predicted molar refractivity (Wildman–Crippen MR) is 34.7 cm³/mol. The summed E-state index contributed by atoms with van der Waals surface area (Å²) in [5.41, 5.74) is 0. The quantitative estimate of drug-likeness (QED) is 0.398. The van der Waals surface area contributed by atoms with E-state index in [2.05, 4.69) is 0 Å². The van der Waals surface area contributed by atoms with Crippen molar-refractivity contribution in [3.05, 3.63) is 0 Å². The van der Waals surface area contributed by atoms with Gasteiger partial charge in [0, 0.05) is 0 Å². The zero-order valence-electron chi connectivity index (χ0n) is 5.10. The van der Waals surface area contributed by atoms with E-state index in [1.807, 2.05) is 0 Å². The molecule has 1 fully saturated rings. The van der Waals surface area contributed by atoms with E-state index in [0.717, 1.165) is 4.05 Å². The van der Waals surface area contributed by atoms with Crippen LogP contribution in [0.2, 0.25) is 4.05 Å². The molecule has 0 bridgehead atoms. The first-order valence-corrected chi connectivity index (χ1v) is 5.00. The van der Waals surface area contributed by atoms with Crippen LogP contribution in [0.3, 0.4) is 0 Å². The van der Waals surface area contributed by atoms with Crippen molar-refractivity contribution in [3.63, 3.8) is 0 Å². The Morgan fingerprint density at radius 1 is 1.38 bits per heavy atom. The van der Waals surface area contributed by atoms with Crippen molar-refractivity contribution in [3.8, 4) is 0 Å². The summed E-state index contributed by atoms with van der Waals surface area (Å²) in [6.45, 7) is 0. The van der Waals surface area contributed by atoms with Crippen LogP contribution in [-0.2, 0) is 4.79 Å². The smallest absolute Gasteiger partial charge is 0.340 e. The van der Waals surface area contributed by atoms with Crippen molar-refractivity contribution in [1.29, 1.82) is 0 Å². The van der Waals surface area contributed by atoms with E-state index in [1.54, 1.807) is 0 Å². The molecule has 0 aromatic rings. The molecule has 1 saturated carbocycles. The molecule has 0 heterocycles. The maximum Gasteiger partial charge on any atom is 0.465 e. The van der Waals surface area contributed by atoms with Gasteiger partial charge in [0.25, 0.3) is 0 Å². The number of rotatable bonds is 2. The zero-order valence-corrected chi connectivity index (χ0v) is 6.51. The molecule has 0 aromatic carbocycles. The maximum atomic E-state index is 10.0. The first-order valence-electron chi connectivity index (χ1n) is 3.37. The van der Waals surface area contributed by atoms with E-state index < -0.39 is 0 Å². The highest BCUT2D eigenvalue weighted by molar-refractivity contribution is 6.68. The second kappa shape index (κ2) is 3.46. The molecule has 0 atom stereocenters. The highest BCUT2D eigenvalue weighted by atomic mass is 24.5. The third-order valence-corrected chi connectivity index (χ3v) is 3.58. The van der Waals surface area contributed by atoms with Gasteiger partial charge in [0.15, 0.2) is 0 Å². The molecule has 0 amide bonds. The first kappa shape index (κ1) is 6.55. The largest absolute Gasteiger partial charge is 0.465 e. The molecule has 0 saturated heterocycles. The van der Waals surface area contributed by atoms with Crippen molar-refractivity contribution in [2.24, 2.45) is 0 Å². The zero-order chi connectivity index (χ0) is 5.82. The van der Waals surface area contributed by atoms with Crippen LogP contribution >= 0.6 is 0 Å². The van der Waals surface area contributed by atoms with Gasteiger partial charge < -0.3 is 4.79 Å². The van der Waals surface area contributed by atoms with Gasteiger partial charge in [0.1, 0.15) is 0 Å². The van der Waals surface area contributed by atoms with Crippen LogP contribution in [0.25, 0.3) is 0 Å². The maximum absolute atomic E-state index is 10.0. The Morgan fingerprint density at radius 2 is 2.00 bits per heavy atom. The van der Waals surface area contributed by atoms with E-state index in [4.69, 9.17) is 0 Å². The SMILES string of the molecule is O=[CH][Mg][CH]1CCCC1. The van der Waals surface area contributed by atoms with Gasteiger partial charge in [0.05, 0.1) is 0 Å². The molecule has 0 radical (unpaired) electrons. The fourth-order valence-electron chi connectivity index (χ4n) is 1.38. The molecule has 1 rings (SSSR count). The van der Waals surface area contributed by atoms with Crippen LogP contribution in [0.4, 0.5) is 0 Å². The Kier molecular flexibility index (Phi) is 2.83. The summed E-state index contributed by atoms with van der Waals surface area (Å²) in [6.07, 6.45) is 5.47. The minimum Gasteiger partial charge on any atom is -0.340 e. The Bertz CT molecular complexity index is 76.6. The van der Waals surface area contributed by atoms with E-state index in [0.29, 0.717) is 0 Å². The van der Waals surface area contributed by atoms with Crippen molar-refractivity contribution in [2.75, 3.05) is 0 Å². The average Bonchev–Trinajstić information content (AvgIpc) is 2.19. The van der Waals surface area contributed by atoms with Crippen molar-refractivity contribution in [2.45, 2.75) is 29.7 Å². The third kappa shape index (κ3) is 1.75. The van der Waals surface area contributed by atoms with Crippen molar-refractivity contribution in [1.82, 2.24) is 0 Å². The topological polar surface area (TPSA) is 17.1 Å². The monoisotopic (exact) mass is 122 g/mol. The van der Waals surface area contributed by atoms with Gasteiger partial charge in [-0.15, -0.1) is 4.05 Å². The summed E-state index contributed by atoms with van der Waals surface area (Å²) in [7, 11) is 0. The molecule has 0 N–H and O–H groups in total. The van der Waals surface area contributed by atoms with Crippen molar-refractivity contribution >= 4 is 24.8 Å². The van der Waals surface area contributed by atoms with Gasteiger partial charge in [-0.1, -0.05) is 25.7 Å². The van der Waals surface area contributed by atoms with Crippen LogP contribution in [0.15, 0.2) is 0 Å². The van der Waals surface area contributed by atoms with Crippen LogP contribution in [-0.4, -0.2) is 24.8 Å². The molecule has 1 aliphatic rings. The summed E-state index contributed by atoms with van der Waals surface area (Å²) in [4.78, 5) is 10.0. The highest BCUT2D eigenvalue weighted by Gasteiger charge is 2.16. The number of hydrogen-bond acceptors (Lipinski definition) is 1. The summed E-state index contributed by atoms with van der Waals surface area (Å²) in [6, 6.07) is 0. The molecule has 0 spiro atoms. The van der Waals surface area contributed by atoms with Crippen LogP contribution in [0, 0.1) is 0 Å². The molecule has 1 nitrogen and oxygen atoms in total. The molecule has 0 unspecified atom stereocenters. The molecule has 8 heavy (non-hydrogen) atoms. The highest BCUT2D eigenvalue weighted by Crippen LogP contribution is 2.28. The minimum atomic E-state index is -0.282. The van der Waals surface area contributed by atoms with Crippen molar-refractivity contribution < 1.29 is 4.79 Å². The van der Waals surface area contributed by atoms with E-state index in [9.17, 15) is 4.79 Å². The Morgan fingerprint density at radius 3 is 2.50 bits per heavy atom. The second-order valence-corrected chi connectivity index (χ2v) is 4.51. The molecule has 1 aliphatic carbocycles. The minimum absolute atomic E-state index is 0.282. The summed E-state index contributed by atoms with van der Waals surface area (Å²) in [5, 5.41) is 0. The lowest BCUT2D eigenvalue weighted by atomic mass is 10.4. The Hall–Kier alpha value is 0.436. The second-order valence-electron chi connectivity index (χ2n) is 2.55. The average molecular weight is 122 g/mol. The number of carbonyl (C=O) groups is 1. The van der Waals surface area contributed by atoms with Gasteiger partial charge in [0.2, 0.25) is 0 Å². The molecular formula is C6H10MgO. The summed E-state index contributed by atoms with van der Waals surface area (Å²) < 4.78 is 2.07. The van der Waals surface area contributed by atoms with Gasteiger partial charge >= 0.3 is 20.4 Å². The lowest BCUT2D eigenvalue weighted by Gasteiger charge is -1.96. The Balaban J connectivity index is 2.14. The predicted octanol–water partition coefficient (Wildman–Crippen LogP) is 1.24. The fourth-order valence-corrected chi connectivity index (χ4v) is 2.70. The van der Waals surface area contributed by atoms with Crippen LogP contribution < -0.4 is 0 Å². The summed E-state index contributed by atoms with van der Waals surface area (Å²) in [5.74, 6) is 0. The lowest BCUT2D eigenvalue weighted by molar-refractivity contribution is 0.567. The first-order chi connectivity index (χ1) is 3.93.